The highest BCUT2D eigenvalue weighted by Gasteiger charge is 2.46. The second kappa shape index (κ2) is 6.11. The molecule has 4 heteroatoms. The van der Waals surface area contributed by atoms with Gasteiger partial charge in [-0.05, 0) is 16.9 Å². The van der Waals surface area contributed by atoms with E-state index in [1.807, 2.05) is 65.0 Å². The summed E-state index contributed by atoms with van der Waals surface area (Å²) in [6.07, 6.45) is 0. The van der Waals surface area contributed by atoms with Gasteiger partial charge in [0.1, 0.15) is 12.1 Å². The molecule has 0 spiro atoms. The molecular formula is C18H26N2O2. The first-order valence-corrected chi connectivity index (χ1v) is 7.86. The first-order valence-electron chi connectivity index (χ1n) is 7.86. The molecule has 0 radical (unpaired) electrons. The average molecular weight is 302 g/mol. The molecule has 0 saturated carbocycles. The van der Waals surface area contributed by atoms with Crippen molar-refractivity contribution in [1.82, 2.24) is 10.2 Å². The van der Waals surface area contributed by atoms with Gasteiger partial charge < -0.3 is 10.2 Å². The third-order valence-electron chi connectivity index (χ3n) is 4.09. The summed E-state index contributed by atoms with van der Waals surface area (Å²) >= 11 is 0. The number of carbonyl (C=O) groups excluding carboxylic acids is 2. The van der Waals surface area contributed by atoms with Gasteiger partial charge in [0, 0.05) is 6.54 Å². The smallest absolute Gasteiger partial charge is 0.246 e. The van der Waals surface area contributed by atoms with Gasteiger partial charge >= 0.3 is 0 Å². The van der Waals surface area contributed by atoms with Gasteiger partial charge in [-0.2, -0.15) is 0 Å². The van der Waals surface area contributed by atoms with Gasteiger partial charge in [-0.1, -0.05) is 65.0 Å². The Kier molecular flexibility index (Phi) is 4.59. The van der Waals surface area contributed by atoms with Crippen LogP contribution in [0.2, 0.25) is 0 Å². The molecule has 2 amide bonds. The lowest BCUT2D eigenvalue weighted by Gasteiger charge is -2.45. The van der Waals surface area contributed by atoms with E-state index in [1.54, 1.807) is 4.90 Å². The summed E-state index contributed by atoms with van der Waals surface area (Å²) in [5, 5.41) is 2.91. The van der Waals surface area contributed by atoms with Crippen molar-refractivity contribution in [3.8, 4) is 0 Å². The van der Waals surface area contributed by atoms with Gasteiger partial charge in [0.25, 0.3) is 0 Å². The standard InChI is InChI=1S/C18H26N2O2/c1-12(2)14-17(22)20(11-13-9-7-6-8-10-13)15(16(21)19-14)18(3,4)5/h6-10,12,14-15H,11H2,1-5H3,(H,19,21). The molecule has 1 aliphatic rings. The first-order chi connectivity index (χ1) is 10.2. The van der Waals surface area contributed by atoms with Crippen LogP contribution in [0.3, 0.4) is 0 Å². The van der Waals surface area contributed by atoms with Crippen molar-refractivity contribution >= 4 is 11.8 Å². The maximum Gasteiger partial charge on any atom is 0.246 e. The minimum absolute atomic E-state index is 0.0124. The topological polar surface area (TPSA) is 49.4 Å². The van der Waals surface area contributed by atoms with E-state index in [1.165, 1.54) is 0 Å². The highest BCUT2D eigenvalue weighted by atomic mass is 16.2. The fourth-order valence-corrected chi connectivity index (χ4v) is 3.00. The molecule has 2 rings (SSSR count). The SMILES string of the molecule is CC(C)C1NC(=O)C(C(C)(C)C)N(Cc2ccccc2)C1=O. The number of hydrogen-bond donors (Lipinski definition) is 1. The predicted molar refractivity (Wildman–Crippen MR) is 87.0 cm³/mol. The van der Waals surface area contributed by atoms with Gasteiger partial charge in [-0.15, -0.1) is 0 Å². The fourth-order valence-electron chi connectivity index (χ4n) is 3.00. The molecule has 1 fully saturated rings. The van der Waals surface area contributed by atoms with E-state index in [0.29, 0.717) is 6.54 Å². The summed E-state index contributed by atoms with van der Waals surface area (Å²) in [6, 6.07) is 8.95. The van der Waals surface area contributed by atoms with Crippen LogP contribution in [0.1, 0.15) is 40.2 Å². The van der Waals surface area contributed by atoms with Crippen molar-refractivity contribution in [2.45, 2.75) is 53.2 Å². The summed E-state index contributed by atoms with van der Waals surface area (Å²) in [6.45, 7) is 10.4. The number of carbonyl (C=O) groups is 2. The van der Waals surface area contributed by atoms with Crippen LogP contribution in [0.15, 0.2) is 30.3 Å². The van der Waals surface area contributed by atoms with Crippen molar-refractivity contribution < 1.29 is 9.59 Å². The van der Waals surface area contributed by atoms with E-state index in [0.717, 1.165) is 5.56 Å². The van der Waals surface area contributed by atoms with E-state index < -0.39 is 12.1 Å². The molecule has 1 aromatic rings. The van der Waals surface area contributed by atoms with Gasteiger partial charge in [0.05, 0.1) is 0 Å². The van der Waals surface area contributed by atoms with E-state index in [4.69, 9.17) is 0 Å². The monoisotopic (exact) mass is 302 g/mol. The number of amides is 2. The minimum Gasteiger partial charge on any atom is -0.342 e. The van der Waals surface area contributed by atoms with Crippen LogP contribution in [-0.4, -0.2) is 28.8 Å². The van der Waals surface area contributed by atoms with Crippen molar-refractivity contribution in [2.24, 2.45) is 11.3 Å². The number of benzene rings is 1. The van der Waals surface area contributed by atoms with Gasteiger partial charge in [-0.25, -0.2) is 0 Å². The summed E-state index contributed by atoms with van der Waals surface area (Å²) < 4.78 is 0. The average Bonchev–Trinajstić information content (AvgIpc) is 2.42. The molecule has 4 nitrogen and oxygen atoms in total. The zero-order chi connectivity index (χ0) is 16.5. The molecule has 1 heterocycles. The lowest BCUT2D eigenvalue weighted by molar-refractivity contribution is -0.155. The Morgan fingerprint density at radius 1 is 1.14 bits per heavy atom. The van der Waals surface area contributed by atoms with Gasteiger partial charge in [-0.3, -0.25) is 9.59 Å². The van der Waals surface area contributed by atoms with Crippen LogP contribution >= 0.6 is 0 Å². The molecule has 120 valence electrons. The quantitative estimate of drug-likeness (QED) is 0.933. The zero-order valence-electron chi connectivity index (χ0n) is 14.1. The van der Waals surface area contributed by atoms with Crippen molar-refractivity contribution in [3.63, 3.8) is 0 Å². The predicted octanol–water partition coefficient (Wildman–Crippen LogP) is 2.58. The van der Waals surface area contributed by atoms with Crippen LogP contribution in [0.5, 0.6) is 0 Å². The highest BCUT2D eigenvalue weighted by molar-refractivity contribution is 5.97. The Hall–Kier alpha value is -1.84. The third kappa shape index (κ3) is 3.32. The largest absolute Gasteiger partial charge is 0.342 e. The number of nitrogens with one attached hydrogen (secondary N) is 1. The normalized spacial score (nSPS) is 22.9. The molecule has 1 saturated heterocycles. The maximum atomic E-state index is 12.9. The highest BCUT2D eigenvalue weighted by Crippen LogP contribution is 2.30. The number of hydrogen-bond acceptors (Lipinski definition) is 2. The zero-order valence-corrected chi connectivity index (χ0v) is 14.1. The molecule has 2 unspecified atom stereocenters. The summed E-state index contributed by atoms with van der Waals surface area (Å²) in [4.78, 5) is 27.2. The Balaban J connectivity index is 2.36. The number of nitrogens with zero attached hydrogens (tertiary/aromatic N) is 1. The van der Waals surface area contributed by atoms with Gasteiger partial charge in [0.15, 0.2) is 0 Å². The Bertz CT molecular complexity index is 546. The van der Waals surface area contributed by atoms with E-state index >= 15 is 0 Å². The molecule has 22 heavy (non-hydrogen) atoms. The lowest BCUT2D eigenvalue weighted by atomic mass is 9.82. The lowest BCUT2D eigenvalue weighted by Crippen LogP contribution is -2.67. The Labute approximate surface area is 132 Å². The van der Waals surface area contributed by atoms with Crippen LogP contribution in [-0.2, 0) is 16.1 Å². The molecule has 2 atom stereocenters. The van der Waals surface area contributed by atoms with Gasteiger partial charge in [0.2, 0.25) is 11.8 Å². The minimum atomic E-state index is -0.449. The summed E-state index contributed by atoms with van der Waals surface area (Å²) in [5.41, 5.74) is 0.735. The molecule has 1 aromatic carbocycles. The number of rotatable bonds is 3. The van der Waals surface area contributed by atoms with Crippen LogP contribution in [0.4, 0.5) is 0 Å². The van der Waals surface area contributed by atoms with E-state index in [-0.39, 0.29) is 23.1 Å². The molecule has 1 N–H and O–H groups in total. The van der Waals surface area contributed by atoms with E-state index in [9.17, 15) is 9.59 Å². The maximum absolute atomic E-state index is 12.9. The Morgan fingerprint density at radius 2 is 1.73 bits per heavy atom. The van der Waals surface area contributed by atoms with Crippen molar-refractivity contribution in [2.75, 3.05) is 0 Å². The second-order valence-corrected chi connectivity index (χ2v) is 7.45. The molecule has 1 aliphatic heterocycles. The fraction of sp³-hybridized carbons (Fsp3) is 0.556. The van der Waals surface area contributed by atoms with Crippen molar-refractivity contribution in [1.29, 1.82) is 0 Å². The first kappa shape index (κ1) is 16.5. The van der Waals surface area contributed by atoms with Crippen LogP contribution in [0.25, 0.3) is 0 Å². The van der Waals surface area contributed by atoms with Crippen LogP contribution in [0, 0.1) is 11.3 Å². The molecular weight excluding hydrogens is 276 g/mol. The van der Waals surface area contributed by atoms with Crippen molar-refractivity contribution in [3.05, 3.63) is 35.9 Å². The Morgan fingerprint density at radius 3 is 2.23 bits per heavy atom. The van der Waals surface area contributed by atoms with E-state index in [2.05, 4.69) is 5.32 Å². The van der Waals surface area contributed by atoms with Crippen LogP contribution < -0.4 is 5.32 Å². The summed E-state index contributed by atoms with van der Waals surface area (Å²) in [5.74, 6) is 0.0377. The molecule has 0 bridgehead atoms. The second-order valence-electron chi connectivity index (χ2n) is 7.45. The molecule has 0 aliphatic carbocycles. The number of piperazine rings is 1. The third-order valence-corrected chi connectivity index (χ3v) is 4.09. The summed E-state index contributed by atoms with van der Waals surface area (Å²) in [7, 11) is 0. The molecule has 0 aromatic heterocycles.